The molecular weight excluding hydrogens is 416 g/mol. The van der Waals surface area contributed by atoms with Crippen molar-refractivity contribution in [1.29, 1.82) is 0 Å². The van der Waals surface area contributed by atoms with Crippen molar-refractivity contribution in [3.63, 3.8) is 0 Å². The maximum absolute atomic E-state index is 12.2. The number of benzene rings is 1. The van der Waals surface area contributed by atoms with Crippen LogP contribution in [0.5, 0.6) is 5.75 Å². The average Bonchev–Trinajstić information content (AvgIpc) is 2.71. The fourth-order valence-electron chi connectivity index (χ4n) is 2.72. The second kappa shape index (κ2) is 15.7. The molecule has 1 N–H and O–H groups in total. The van der Waals surface area contributed by atoms with Gasteiger partial charge in [0.05, 0.1) is 12.3 Å². The molecule has 0 bridgehead atoms. The summed E-state index contributed by atoms with van der Waals surface area (Å²) in [6.07, 6.45) is 9.60. The van der Waals surface area contributed by atoms with Crippen LogP contribution in [0.25, 0.3) is 0 Å². The van der Waals surface area contributed by atoms with Crippen LogP contribution in [0.15, 0.2) is 24.3 Å². The summed E-state index contributed by atoms with van der Waals surface area (Å²) in [6.45, 7) is 7.91. The third kappa shape index (κ3) is 14.5. The number of terminal acetylenes is 1. The summed E-state index contributed by atoms with van der Waals surface area (Å²) in [6, 6.07) is 7.75. The average molecular weight is 455 g/mol. The number of likely N-dealkylation sites (N-methyl/N-ethyl adjacent to an activating group) is 1. The van der Waals surface area contributed by atoms with Crippen molar-refractivity contribution in [1.82, 2.24) is 9.80 Å². The number of unbranched alkanes of at least 4 members (excludes halogenated alkanes) is 3. The molecule has 0 unspecified atom stereocenters. The predicted octanol–water partition coefficient (Wildman–Crippen LogP) is 4.26. The van der Waals surface area contributed by atoms with Crippen LogP contribution in [0.2, 0.25) is 0 Å². The molecule has 0 radical (unpaired) electrons. The van der Waals surface area contributed by atoms with E-state index < -0.39 is 10.1 Å². The monoisotopic (exact) mass is 454 g/mol. The van der Waals surface area contributed by atoms with Crippen LogP contribution in [0.3, 0.4) is 0 Å². The fraction of sp³-hybridized carbons (Fsp3) is 0.609. The van der Waals surface area contributed by atoms with Crippen molar-refractivity contribution in [2.75, 3.05) is 39.5 Å². The summed E-state index contributed by atoms with van der Waals surface area (Å²) in [5, 5.41) is 0. The zero-order valence-electron chi connectivity index (χ0n) is 19.5. The van der Waals surface area contributed by atoms with E-state index >= 15 is 0 Å². The van der Waals surface area contributed by atoms with Crippen molar-refractivity contribution >= 4 is 16.2 Å². The van der Waals surface area contributed by atoms with Crippen LogP contribution in [0.1, 0.15) is 57.9 Å². The normalized spacial score (nSPS) is 11.8. The molecule has 0 aliphatic heterocycles. The van der Waals surface area contributed by atoms with Gasteiger partial charge in [-0.2, -0.15) is 8.42 Å². The Morgan fingerprint density at radius 1 is 1.23 bits per heavy atom. The van der Waals surface area contributed by atoms with Crippen molar-refractivity contribution in [3.05, 3.63) is 29.8 Å². The third-order valence-corrected chi connectivity index (χ3v) is 5.33. The summed E-state index contributed by atoms with van der Waals surface area (Å²) in [5.74, 6) is 3.35. The number of nitrogens with zero attached hydrogens (tertiary/aromatic N) is 2. The van der Waals surface area contributed by atoms with Gasteiger partial charge in [-0.25, -0.2) is 4.79 Å². The molecule has 0 aliphatic rings. The number of carbonyl (C=O) groups excluding carboxylic acids is 1. The van der Waals surface area contributed by atoms with Crippen molar-refractivity contribution in [3.8, 4) is 18.1 Å². The van der Waals surface area contributed by atoms with Gasteiger partial charge >= 0.3 is 6.09 Å². The second-order valence-electron chi connectivity index (χ2n) is 7.60. The minimum Gasteiger partial charge on any atom is -0.410 e. The molecule has 7 nitrogen and oxygen atoms in total. The third-order valence-electron chi connectivity index (χ3n) is 4.60. The fourth-order valence-corrected chi connectivity index (χ4v) is 2.72. The van der Waals surface area contributed by atoms with Crippen LogP contribution >= 0.6 is 0 Å². The van der Waals surface area contributed by atoms with E-state index in [1.807, 2.05) is 25.2 Å². The van der Waals surface area contributed by atoms with Gasteiger partial charge in [0.2, 0.25) is 0 Å². The van der Waals surface area contributed by atoms with E-state index in [2.05, 4.69) is 30.7 Å². The predicted molar refractivity (Wildman–Crippen MR) is 126 cm³/mol. The second-order valence-corrected chi connectivity index (χ2v) is 9.34. The number of amides is 1. The first-order valence-electron chi connectivity index (χ1n) is 10.6. The summed E-state index contributed by atoms with van der Waals surface area (Å²) >= 11 is 0. The van der Waals surface area contributed by atoms with E-state index in [1.165, 1.54) is 19.8 Å². The number of hydrogen-bond acceptors (Lipinski definition) is 5. The molecule has 0 saturated heterocycles. The van der Waals surface area contributed by atoms with Gasteiger partial charge in [0.15, 0.2) is 0 Å². The molecule has 8 heteroatoms. The highest BCUT2D eigenvalue weighted by Gasteiger charge is 2.13. The van der Waals surface area contributed by atoms with Crippen LogP contribution < -0.4 is 4.74 Å². The first-order valence-corrected chi connectivity index (χ1v) is 12.2. The highest BCUT2D eigenvalue weighted by molar-refractivity contribution is 7.85. The SMILES string of the molecule is C#CCN(C)C[C@@H](C)c1cccc(OC(=O)N(C)CCCCCC)c1.CCS(=O)(=O)O. The zero-order chi connectivity index (χ0) is 23.9. The molecule has 1 aromatic carbocycles. The largest absolute Gasteiger partial charge is 0.414 e. The number of hydrogen-bond donors (Lipinski definition) is 1. The quantitative estimate of drug-likeness (QED) is 0.305. The molecule has 1 rings (SSSR count). The molecule has 0 spiro atoms. The van der Waals surface area contributed by atoms with Crippen LogP contribution in [-0.4, -0.2) is 68.3 Å². The Hall–Kier alpha value is -2.08. The van der Waals surface area contributed by atoms with E-state index in [4.69, 9.17) is 15.7 Å². The maximum Gasteiger partial charge on any atom is 0.414 e. The van der Waals surface area contributed by atoms with Crippen LogP contribution in [-0.2, 0) is 10.1 Å². The van der Waals surface area contributed by atoms with Gasteiger partial charge in [-0.15, -0.1) is 6.42 Å². The first kappa shape index (κ1) is 28.9. The molecule has 1 amide bonds. The number of ether oxygens (including phenoxy) is 1. The molecule has 0 saturated carbocycles. The molecule has 0 aliphatic carbocycles. The first-order chi connectivity index (χ1) is 14.5. The van der Waals surface area contributed by atoms with Gasteiger partial charge in [0.25, 0.3) is 10.1 Å². The Morgan fingerprint density at radius 2 is 1.87 bits per heavy atom. The van der Waals surface area contributed by atoms with Gasteiger partial charge in [-0.05, 0) is 44.0 Å². The Morgan fingerprint density at radius 3 is 2.42 bits per heavy atom. The highest BCUT2D eigenvalue weighted by Crippen LogP contribution is 2.22. The molecular formula is C23H38N2O5S. The molecule has 31 heavy (non-hydrogen) atoms. The molecule has 176 valence electrons. The molecule has 1 atom stereocenters. The minimum absolute atomic E-state index is 0.201. The van der Waals surface area contributed by atoms with Gasteiger partial charge in [0, 0.05) is 20.1 Å². The highest BCUT2D eigenvalue weighted by atomic mass is 32.2. The van der Waals surface area contributed by atoms with Crippen molar-refractivity contribution in [2.24, 2.45) is 0 Å². The number of carbonyl (C=O) groups is 1. The summed E-state index contributed by atoms with van der Waals surface area (Å²) in [4.78, 5) is 15.9. The summed E-state index contributed by atoms with van der Waals surface area (Å²) in [5.41, 5.74) is 1.14. The lowest BCUT2D eigenvalue weighted by atomic mass is 10.0. The Labute approximate surface area is 188 Å². The Balaban J connectivity index is 0.00000131. The molecule has 0 fully saturated rings. The van der Waals surface area contributed by atoms with Crippen LogP contribution in [0, 0.1) is 12.3 Å². The van der Waals surface area contributed by atoms with Gasteiger partial charge in [0.1, 0.15) is 5.75 Å². The van der Waals surface area contributed by atoms with Gasteiger partial charge in [-0.3, -0.25) is 9.45 Å². The van der Waals surface area contributed by atoms with Crippen LogP contribution in [0.4, 0.5) is 4.79 Å². The van der Waals surface area contributed by atoms with Gasteiger partial charge < -0.3 is 9.64 Å². The maximum atomic E-state index is 12.2. The van der Waals surface area contributed by atoms with E-state index in [0.29, 0.717) is 18.2 Å². The van der Waals surface area contributed by atoms with E-state index in [-0.39, 0.29) is 11.8 Å². The summed E-state index contributed by atoms with van der Waals surface area (Å²) < 4.78 is 32.4. The summed E-state index contributed by atoms with van der Waals surface area (Å²) in [7, 11) is 0.133. The molecule has 1 aromatic rings. The minimum atomic E-state index is -3.66. The van der Waals surface area contributed by atoms with E-state index in [9.17, 15) is 13.2 Å². The van der Waals surface area contributed by atoms with E-state index in [0.717, 1.165) is 31.5 Å². The van der Waals surface area contributed by atoms with Crippen molar-refractivity contribution in [2.45, 2.75) is 52.4 Å². The zero-order valence-corrected chi connectivity index (χ0v) is 20.3. The standard InChI is InChI=1S/C21H32N2O2.C2H6O3S/c1-6-8-9-10-15-23(5)21(24)25-20-13-11-12-19(16-20)18(3)17-22(4)14-7-2;1-2-6(3,4)5/h2,11-13,16,18H,6,8-10,14-15,17H2,1,3-5H3;2H2,1H3,(H,3,4,5)/t18-;/m1./s1. The molecule has 0 heterocycles. The Kier molecular flexibility index (Phi) is 14.6. The lowest BCUT2D eigenvalue weighted by molar-refractivity contribution is 0.162. The van der Waals surface area contributed by atoms with Gasteiger partial charge in [-0.1, -0.05) is 51.2 Å². The number of rotatable bonds is 11. The smallest absolute Gasteiger partial charge is 0.410 e. The lowest BCUT2D eigenvalue weighted by Gasteiger charge is -2.20. The topological polar surface area (TPSA) is 87.2 Å². The molecule has 0 aromatic heterocycles. The Bertz CT molecular complexity index is 789. The van der Waals surface area contributed by atoms with Crippen molar-refractivity contribution < 1.29 is 22.5 Å². The van der Waals surface area contributed by atoms with E-state index in [1.54, 1.807) is 11.9 Å². The lowest BCUT2D eigenvalue weighted by Crippen LogP contribution is -2.30.